The molecule has 1 aliphatic carbocycles. The van der Waals surface area contributed by atoms with Crippen LogP contribution in [0.25, 0.3) is 0 Å². The number of hydrogen-bond donors (Lipinski definition) is 1. The lowest BCUT2D eigenvalue weighted by Gasteiger charge is -2.41. The van der Waals surface area contributed by atoms with Crippen molar-refractivity contribution in [3.63, 3.8) is 0 Å². The monoisotopic (exact) mass is 281 g/mol. The standard InChI is InChI=1S/C17H35N3/c1-4-15-7-8-17(18-5-2)16(13-15)14-20-11-9-19(6-3)10-12-20/h15-18H,4-14H2,1-3H3. The Morgan fingerprint density at radius 2 is 1.65 bits per heavy atom. The highest BCUT2D eigenvalue weighted by molar-refractivity contribution is 4.87. The van der Waals surface area contributed by atoms with Gasteiger partial charge in [-0.3, -0.25) is 0 Å². The second-order valence-electron chi connectivity index (χ2n) is 6.75. The van der Waals surface area contributed by atoms with Gasteiger partial charge in [-0.05, 0) is 44.2 Å². The van der Waals surface area contributed by atoms with Crippen LogP contribution < -0.4 is 5.32 Å². The third-order valence-corrected chi connectivity index (χ3v) is 5.54. The lowest BCUT2D eigenvalue weighted by Crippen LogP contribution is -2.51. The second-order valence-corrected chi connectivity index (χ2v) is 6.75. The summed E-state index contributed by atoms with van der Waals surface area (Å²) in [6, 6.07) is 0.770. The Morgan fingerprint density at radius 3 is 2.25 bits per heavy atom. The van der Waals surface area contributed by atoms with Gasteiger partial charge in [0.1, 0.15) is 0 Å². The largest absolute Gasteiger partial charge is 0.314 e. The quantitative estimate of drug-likeness (QED) is 0.807. The molecule has 0 aromatic heterocycles. The van der Waals surface area contributed by atoms with E-state index in [0.29, 0.717) is 0 Å². The van der Waals surface area contributed by atoms with Gasteiger partial charge in [-0.15, -0.1) is 0 Å². The molecule has 0 amide bonds. The molecule has 118 valence electrons. The van der Waals surface area contributed by atoms with Gasteiger partial charge in [0, 0.05) is 38.8 Å². The molecule has 3 atom stereocenters. The molecule has 1 saturated carbocycles. The van der Waals surface area contributed by atoms with Crippen molar-refractivity contribution in [1.29, 1.82) is 0 Å². The van der Waals surface area contributed by atoms with Crippen LogP contribution in [-0.2, 0) is 0 Å². The molecule has 1 aliphatic heterocycles. The van der Waals surface area contributed by atoms with Gasteiger partial charge < -0.3 is 15.1 Å². The van der Waals surface area contributed by atoms with E-state index >= 15 is 0 Å². The minimum Gasteiger partial charge on any atom is -0.314 e. The summed E-state index contributed by atoms with van der Waals surface area (Å²) in [5.41, 5.74) is 0. The van der Waals surface area contributed by atoms with Crippen molar-refractivity contribution in [3.05, 3.63) is 0 Å². The second kappa shape index (κ2) is 8.35. The molecule has 2 fully saturated rings. The summed E-state index contributed by atoms with van der Waals surface area (Å²) in [6.07, 6.45) is 5.65. The Bertz CT molecular complexity index is 261. The molecule has 0 bridgehead atoms. The lowest BCUT2D eigenvalue weighted by molar-refractivity contribution is 0.0909. The van der Waals surface area contributed by atoms with Gasteiger partial charge >= 0.3 is 0 Å². The summed E-state index contributed by atoms with van der Waals surface area (Å²) in [7, 11) is 0. The highest BCUT2D eigenvalue weighted by Gasteiger charge is 2.31. The lowest BCUT2D eigenvalue weighted by atomic mass is 9.76. The van der Waals surface area contributed by atoms with E-state index in [0.717, 1.165) is 24.4 Å². The molecule has 3 nitrogen and oxygen atoms in total. The summed E-state index contributed by atoms with van der Waals surface area (Å²) >= 11 is 0. The van der Waals surface area contributed by atoms with Crippen molar-refractivity contribution in [2.24, 2.45) is 11.8 Å². The molecular formula is C17H35N3. The van der Waals surface area contributed by atoms with Crippen molar-refractivity contribution in [1.82, 2.24) is 15.1 Å². The van der Waals surface area contributed by atoms with Crippen molar-refractivity contribution in [3.8, 4) is 0 Å². The molecule has 1 saturated heterocycles. The van der Waals surface area contributed by atoms with Crippen molar-refractivity contribution >= 4 is 0 Å². The summed E-state index contributed by atoms with van der Waals surface area (Å²) in [4.78, 5) is 5.30. The Kier molecular flexibility index (Phi) is 6.79. The molecule has 3 unspecified atom stereocenters. The highest BCUT2D eigenvalue weighted by atomic mass is 15.3. The van der Waals surface area contributed by atoms with E-state index in [9.17, 15) is 0 Å². The number of nitrogens with one attached hydrogen (secondary N) is 1. The highest BCUT2D eigenvalue weighted by Crippen LogP contribution is 2.32. The van der Waals surface area contributed by atoms with Gasteiger partial charge in [0.15, 0.2) is 0 Å². The van der Waals surface area contributed by atoms with Gasteiger partial charge in [0.05, 0.1) is 0 Å². The number of hydrogen-bond acceptors (Lipinski definition) is 3. The topological polar surface area (TPSA) is 18.5 Å². The van der Waals surface area contributed by atoms with Crippen LogP contribution in [0.1, 0.15) is 46.5 Å². The maximum Gasteiger partial charge on any atom is 0.0110 e. The maximum atomic E-state index is 3.75. The Labute approximate surface area is 126 Å². The molecule has 2 rings (SSSR count). The van der Waals surface area contributed by atoms with Gasteiger partial charge in [-0.25, -0.2) is 0 Å². The van der Waals surface area contributed by atoms with Crippen molar-refractivity contribution < 1.29 is 0 Å². The summed E-state index contributed by atoms with van der Waals surface area (Å²) in [5.74, 6) is 1.86. The Balaban J connectivity index is 1.83. The van der Waals surface area contributed by atoms with E-state index in [4.69, 9.17) is 0 Å². The fourth-order valence-electron chi connectivity index (χ4n) is 4.08. The first-order chi connectivity index (χ1) is 9.76. The fourth-order valence-corrected chi connectivity index (χ4v) is 4.08. The average molecular weight is 281 g/mol. The van der Waals surface area contributed by atoms with Crippen LogP contribution in [0.3, 0.4) is 0 Å². The Hall–Kier alpha value is -0.120. The van der Waals surface area contributed by atoms with Crippen molar-refractivity contribution in [2.45, 2.75) is 52.5 Å². The third-order valence-electron chi connectivity index (χ3n) is 5.54. The van der Waals surface area contributed by atoms with Crippen LogP contribution in [0.4, 0.5) is 0 Å². The summed E-state index contributed by atoms with van der Waals surface area (Å²) < 4.78 is 0. The molecule has 1 heterocycles. The smallest absolute Gasteiger partial charge is 0.0110 e. The van der Waals surface area contributed by atoms with E-state index in [2.05, 4.69) is 35.9 Å². The number of likely N-dealkylation sites (N-methyl/N-ethyl adjacent to an activating group) is 1. The minimum absolute atomic E-state index is 0.770. The van der Waals surface area contributed by atoms with Gasteiger partial charge in [-0.1, -0.05) is 27.2 Å². The predicted molar refractivity (Wildman–Crippen MR) is 87.1 cm³/mol. The predicted octanol–water partition coefficient (Wildman–Crippen LogP) is 2.43. The number of nitrogens with zero attached hydrogens (tertiary/aromatic N) is 2. The van der Waals surface area contributed by atoms with Crippen LogP contribution in [0.15, 0.2) is 0 Å². The van der Waals surface area contributed by atoms with Crippen LogP contribution in [0, 0.1) is 11.8 Å². The maximum absolute atomic E-state index is 3.75. The molecular weight excluding hydrogens is 246 g/mol. The molecule has 0 aromatic rings. The normalized spacial score (nSPS) is 33.5. The zero-order valence-corrected chi connectivity index (χ0v) is 13.9. The van der Waals surface area contributed by atoms with Crippen LogP contribution in [-0.4, -0.2) is 61.7 Å². The van der Waals surface area contributed by atoms with Gasteiger partial charge in [-0.2, -0.15) is 0 Å². The molecule has 20 heavy (non-hydrogen) atoms. The van der Waals surface area contributed by atoms with Crippen LogP contribution >= 0.6 is 0 Å². The Morgan fingerprint density at radius 1 is 0.950 bits per heavy atom. The zero-order chi connectivity index (χ0) is 14.4. The first-order valence-corrected chi connectivity index (χ1v) is 8.94. The number of piperazine rings is 1. The zero-order valence-electron chi connectivity index (χ0n) is 13.9. The molecule has 1 N–H and O–H groups in total. The molecule has 2 aliphatic rings. The fraction of sp³-hybridized carbons (Fsp3) is 1.00. The van der Waals surface area contributed by atoms with E-state index in [-0.39, 0.29) is 0 Å². The SMILES string of the molecule is CCNC1CCC(CC)CC1CN1CCN(CC)CC1. The van der Waals surface area contributed by atoms with Gasteiger partial charge in [0.25, 0.3) is 0 Å². The average Bonchev–Trinajstić information content (AvgIpc) is 2.50. The van der Waals surface area contributed by atoms with E-state index in [1.807, 2.05) is 0 Å². The minimum atomic E-state index is 0.770. The third kappa shape index (κ3) is 4.44. The first-order valence-electron chi connectivity index (χ1n) is 8.94. The first kappa shape index (κ1) is 16.3. The van der Waals surface area contributed by atoms with E-state index in [1.54, 1.807) is 0 Å². The van der Waals surface area contributed by atoms with Crippen molar-refractivity contribution in [2.75, 3.05) is 45.8 Å². The molecule has 3 heteroatoms. The summed E-state index contributed by atoms with van der Waals surface area (Å²) in [5, 5.41) is 3.75. The van der Waals surface area contributed by atoms with E-state index in [1.165, 1.54) is 65.0 Å². The molecule has 0 radical (unpaired) electrons. The molecule has 0 spiro atoms. The van der Waals surface area contributed by atoms with Crippen LogP contribution in [0.2, 0.25) is 0 Å². The van der Waals surface area contributed by atoms with Gasteiger partial charge in [0.2, 0.25) is 0 Å². The number of rotatable bonds is 6. The van der Waals surface area contributed by atoms with Crippen LogP contribution in [0.5, 0.6) is 0 Å². The molecule has 0 aromatic carbocycles. The van der Waals surface area contributed by atoms with E-state index < -0.39 is 0 Å². The summed E-state index contributed by atoms with van der Waals surface area (Å²) in [6.45, 7) is 15.7.